The largest absolute Gasteiger partial charge is 0.491 e. The number of benzene rings is 1. The van der Waals surface area contributed by atoms with E-state index in [9.17, 15) is 0 Å². The molecule has 1 aromatic carbocycles. The quantitative estimate of drug-likeness (QED) is 0.851. The van der Waals surface area contributed by atoms with Crippen molar-refractivity contribution in [2.75, 3.05) is 12.3 Å². The zero-order valence-corrected chi connectivity index (χ0v) is 12.4. The van der Waals surface area contributed by atoms with Gasteiger partial charge in [0.15, 0.2) is 5.75 Å². The normalized spacial score (nSPS) is 10.6. The van der Waals surface area contributed by atoms with Gasteiger partial charge in [0.1, 0.15) is 17.2 Å². The maximum Gasteiger partial charge on any atom is 0.171 e. The van der Waals surface area contributed by atoms with Gasteiger partial charge < -0.3 is 15.2 Å². The Morgan fingerprint density at radius 3 is 2.65 bits per heavy atom. The summed E-state index contributed by atoms with van der Waals surface area (Å²) in [6, 6.07) is 5.44. The van der Waals surface area contributed by atoms with E-state index in [1.807, 2.05) is 33.0 Å². The summed E-state index contributed by atoms with van der Waals surface area (Å²) in [5, 5.41) is 4.33. The Bertz CT molecular complexity index is 605. The van der Waals surface area contributed by atoms with Gasteiger partial charge in [-0.2, -0.15) is 5.10 Å². The molecule has 20 heavy (non-hydrogen) atoms. The number of nitrogens with two attached hydrogens (primary N) is 1. The fourth-order valence-corrected chi connectivity index (χ4v) is 1.93. The molecule has 0 aliphatic carbocycles. The van der Waals surface area contributed by atoms with E-state index in [0.29, 0.717) is 23.8 Å². The molecule has 0 saturated carbocycles. The van der Waals surface area contributed by atoms with Crippen LogP contribution in [0.2, 0.25) is 0 Å². The molecule has 0 aliphatic heterocycles. The highest BCUT2D eigenvalue weighted by molar-refractivity contribution is 5.56. The molecule has 0 aliphatic rings. The molecule has 0 bridgehead atoms. The van der Waals surface area contributed by atoms with Crippen LogP contribution >= 0.6 is 0 Å². The van der Waals surface area contributed by atoms with Gasteiger partial charge in [0, 0.05) is 13.1 Å². The van der Waals surface area contributed by atoms with Crippen LogP contribution in [-0.2, 0) is 7.05 Å². The molecule has 0 spiro atoms. The third kappa shape index (κ3) is 2.87. The smallest absolute Gasteiger partial charge is 0.171 e. The van der Waals surface area contributed by atoms with Crippen LogP contribution in [0.5, 0.6) is 17.2 Å². The summed E-state index contributed by atoms with van der Waals surface area (Å²) in [6.07, 6.45) is 0.936. The van der Waals surface area contributed by atoms with E-state index in [1.54, 1.807) is 10.7 Å². The van der Waals surface area contributed by atoms with Crippen LogP contribution in [0.15, 0.2) is 18.2 Å². The van der Waals surface area contributed by atoms with Gasteiger partial charge in [0.05, 0.1) is 18.0 Å². The fraction of sp³-hybridized carbons (Fsp3) is 0.400. The number of anilines is 1. The highest BCUT2D eigenvalue weighted by Gasteiger charge is 2.12. The van der Waals surface area contributed by atoms with Gasteiger partial charge in [-0.05, 0) is 32.4 Å². The number of hydrogen-bond donors (Lipinski definition) is 1. The molecule has 5 nitrogen and oxygen atoms in total. The third-order valence-electron chi connectivity index (χ3n) is 3.11. The Morgan fingerprint density at radius 2 is 2.05 bits per heavy atom. The second kappa shape index (κ2) is 5.86. The minimum atomic E-state index is 0.616. The minimum absolute atomic E-state index is 0.616. The van der Waals surface area contributed by atoms with E-state index in [2.05, 4.69) is 12.0 Å². The molecule has 0 unspecified atom stereocenters. The van der Waals surface area contributed by atoms with E-state index >= 15 is 0 Å². The van der Waals surface area contributed by atoms with Crippen molar-refractivity contribution in [1.29, 1.82) is 0 Å². The third-order valence-corrected chi connectivity index (χ3v) is 3.11. The zero-order chi connectivity index (χ0) is 14.7. The molecule has 0 amide bonds. The number of nitrogens with zero attached hydrogens (tertiary/aromatic N) is 2. The van der Waals surface area contributed by atoms with Crippen LogP contribution in [0.3, 0.4) is 0 Å². The Labute approximate surface area is 119 Å². The van der Waals surface area contributed by atoms with Gasteiger partial charge in [-0.1, -0.05) is 6.92 Å². The summed E-state index contributed by atoms with van der Waals surface area (Å²) < 4.78 is 13.3. The van der Waals surface area contributed by atoms with Gasteiger partial charge in [-0.25, -0.2) is 0 Å². The van der Waals surface area contributed by atoms with E-state index in [1.165, 1.54) is 0 Å². The first-order valence-corrected chi connectivity index (χ1v) is 6.73. The predicted molar refractivity (Wildman–Crippen MR) is 79.4 cm³/mol. The van der Waals surface area contributed by atoms with Gasteiger partial charge in [0.25, 0.3) is 0 Å². The lowest BCUT2D eigenvalue weighted by molar-refractivity contribution is 0.317. The average molecular weight is 275 g/mol. The highest BCUT2D eigenvalue weighted by Crippen LogP contribution is 2.32. The molecule has 108 valence electrons. The molecule has 0 radical (unpaired) electrons. The Balaban J connectivity index is 2.25. The summed E-state index contributed by atoms with van der Waals surface area (Å²) in [6.45, 7) is 6.59. The first-order valence-electron chi connectivity index (χ1n) is 6.73. The standard InChI is InChI=1S/C15H21N3O2/c1-5-8-19-14-9-12(6-7-13(14)16)20-15-10(2)17-18(4)11(15)3/h6-7,9H,5,8,16H2,1-4H3. The average Bonchev–Trinajstić information content (AvgIpc) is 2.66. The lowest BCUT2D eigenvalue weighted by Crippen LogP contribution is -1.99. The van der Waals surface area contributed by atoms with Crippen molar-refractivity contribution in [3.63, 3.8) is 0 Å². The molecule has 2 N–H and O–H groups in total. The molecule has 5 heteroatoms. The summed E-state index contributed by atoms with van der Waals surface area (Å²) in [5.41, 5.74) is 8.35. The van der Waals surface area contributed by atoms with E-state index in [4.69, 9.17) is 15.2 Å². The molecule has 2 aromatic rings. The Morgan fingerprint density at radius 1 is 1.30 bits per heavy atom. The lowest BCUT2D eigenvalue weighted by Gasteiger charge is -2.11. The van der Waals surface area contributed by atoms with Crippen LogP contribution in [0.25, 0.3) is 0 Å². The number of hydrogen-bond acceptors (Lipinski definition) is 4. The Hall–Kier alpha value is -2.17. The van der Waals surface area contributed by atoms with Gasteiger partial charge >= 0.3 is 0 Å². The van der Waals surface area contributed by atoms with Gasteiger partial charge in [-0.15, -0.1) is 0 Å². The topological polar surface area (TPSA) is 62.3 Å². The molecular formula is C15H21N3O2. The molecular weight excluding hydrogens is 254 g/mol. The summed E-state index contributed by atoms with van der Waals surface area (Å²) in [5.74, 6) is 2.13. The van der Waals surface area contributed by atoms with Crippen LogP contribution in [0.4, 0.5) is 5.69 Å². The molecule has 0 saturated heterocycles. The second-order valence-corrected chi connectivity index (χ2v) is 4.77. The summed E-state index contributed by atoms with van der Waals surface area (Å²) >= 11 is 0. The molecule has 1 aromatic heterocycles. The minimum Gasteiger partial charge on any atom is -0.491 e. The zero-order valence-electron chi connectivity index (χ0n) is 12.4. The first kappa shape index (κ1) is 14.2. The fourth-order valence-electron chi connectivity index (χ4n) is 1.93. The lowest BCUT2D eigenvalue weighted by atomic mass is 10.2. The molecule has 0 fully saturated rings. The number of ether oxygens (including phenoxy) is 2. The predicted octanol–water partition coefficient (Wildman–Crippen LogP) is 3.20. The number of nitrogen functional groups attached to an aromatic ring is 1. The van der Waals surface area contributed by atoms with Crippen LogP contribution < -0.4 is 15.2 Å². The van der Waals surface area contributed by atoms with Crippen molar-refractivity contribution in [1.82, 2.24) is 9.78 Å². The monoisotopic (exact) mass is 275 g/mol. The molecule has 2 rings (SSSR count). The van der Waals surface area contributed by atoms with Crippen molar-refractivity contribution in [2.24, 2.45) is 7.05 Å². The van der Waals surface area contributed by atoms with Crippen LogP contribution in [0, 0.1) is 13.8 Å². The van der Waals surface area contributed by atoms with E-state index in [0.717, 1.165) is 23.6 Å². The molecule has 1 heterocycles. The van der Waals surface area contributed by atoms with Crippen molar-refractivity contribution < 1.29 is 9.47 Å². The second-order valence-electron chi connectivity index (χ2n) is 4.77. The van der Waals surface area contributed by atoms with Crippen molar-refractivity contribution in [3.8, 4) is 17.2 Å². The maximum absolute atomic E-state index is 5.92. The van der Waals surface area contributed by atoms with Gasteiger partial charge in [0.2, 0.25) is 0 Å². The summed E-state index contributed by atoms with van der Waals surface area (Å²) in [4.78, 5) is 0. The Kier molecular flexibility index (Phi) is 4.17. The number of aromatic nitrogens is 2. The maximum atomic E-state index is 5.92. The SMILES string of the molecule is CCCOc1cc(Oc2c(C)nn(C)c2C)ccc1N. The van der Waals surface area contributed by atoms with E-state index < -0.39 is 0 Å². The van der Waals surface area contributed by atoms with Crippen LogP contribution in [0.1, 0.15) is 24.7 Å². The highest BCUT2D eigenvalue weighted by atomic mass is 16.5. The van der Waals surface area contributed by atoms with Crippen LogP contribution in [-0.4, -0.2) is 16.4 Å². The van der Waals surface area contributed by atoms with Crippen molar-refractivity contribution in [2.45, 2.75) is 27.2 Å². The van der Waals surface area contributed by atoms with Crippen molar-refractivity contribution in [3.05, 3.63) is 29.6 Å². The first-order chi connectivity index (χ1) is 9.52. The number of aryl methyl sites for hydroxylation is 2. The van der Waals surface area contributed by atoms with E-state index in [-0.39, 0.29) is 0 Å². The number of rotatable bonds is 5. The molecule has 0 atom stereocenters. The van der Waals surface area contributed by atoms with Crippen molar-refractivity contribution >= 4 is 5.69 Å². The van der Waals surface area contributed by atoms with Gasteiger partial charge in [-0.3, -0.25) is 4.68 Å². The summed E-state index contributed by atoms with van der Waals surface area (Å²) in [7, 11) is 1.90.